The third kappa shape index (κ3) is 2.79. The molecule has 0 spiro atoms. The third-order valence-corrected chi connectivity index (χ3v) is 3.06. The van der Waals surface area contributed by atoms with Crippen LogP contribution in [-0.4, -0.2) is 21.8 Å². The summed E-state index contributed by atoms with van der Waals surface area (Å²) in [4.78, 5) is 10.4. The minimum absolute atomic E-state index is 0.0843. The molecule has 1 heterocycles. The van der Waals surface area contributed by atoms with Gasteiger partial charge in [0.15, 0.2) is 11.5 Å². The topological polar surface area (TPSA) is 105 Å². The molecule has 0 amide bonds. The summed E-state index contributed by atoms with van der Waals surface area (Å²) in [7, 11) is 3.18. The Balaban J connectivity index is 2.47. The summed E-state index contributed by atoms with van der Waals surface area (Å²) in [6.07, 6.45) is 0. The van der Waals surface area contributed by atoms with Gasteiger partial charge in [-0.15, -0.1) is 0 Å². The van der Waals surface area contributed by atoms with E-state index in [9.17, 15) is 10.1 Å². The Morgan fingerprint density at radius 1 is 1.43 bits per heavy atom. The molecule has 2 rings (SSSR count). The number of hydrogen-bond acceptors (Lipinski definition) is 6. The van der Waals surface area contributed by atoms with Crippen LogP contribution in [0.25, 0.3) is 0 Å². The quantitative estimate of drug-likeness (QED) is 0.666. The highest BCUT2D eigenvalue weighted by molar-refractivity contribution is 5.50. The zero-order chi connectivity index (χ0) is 15.6. The van der Waals surface area contributed by atoms with E-state index >= 15 is 0 Å². The standard InChI is InChI=1S/C13H16N4O4/c1-8-10(7-14)13(16(2)15-8)21-12-6-9(17(18)19)4-5-11(12)20-3/h4-6H,7,14H2,1-3H3. The lowest BCUT2D eigenvalue weighted by Crippen LogP contribution is -2.02. The van der Waals surface area contributed by atoms with Gasteiger partial charge in [-0.05, 0) is 13.0 Å². The average molecular weight is 292 g/mol. The van der Waals surface area contributed by atoms with Crippen LogP contribution in [0.3, 0.4) is 0 Å². The molecule has 2 N–H and O–H groups in total. The molecular formula is C13H16N4O4. The molecule has 0 bridgehead atoms. The van der Waals surface area contributed by atoms with E-state index in [-0.39, 0.29) is 18.0 Å². The van der Waals surface area contributed by atoms with Crippen molar-refractivity contribution in [2.45, 2.75) is 13.5 Å². The number of nitro groups is 1. The smallest absolute Gasteiger partial charge is 0.273 e. The van der Waals surface area contributed by atoms with Crippen molar-refractivity contribution in [1.82, 2.24) is 9.78 Å². The summed E-state index contributed by atoms with van der Waals surface area (Å²) in [6, 6.07) is 4.14. The number of methoxy groups -OCH3 is 1. The molecular weight excluding hydrogens is 276 g/mol. The van der Waals surface area contributed by atoms with Crippen molar-refractivity contribution in [2.24, 2.45) is 12.8 Å². The Bertz CT molecular complexity index is 681. The fraction of sp³-hybridized carbons (Fsp3) is 0.308. The van der Waals surface area contributed by atoms with Crippen molar-refractivity contribution < 1.29 is 14.4 Å². The number of aryl methyl sites for hydroxylation is 2. The number of benzene rings is 1. The second-order valence-electron chi connectivity index (χ2n) is 4.39. The molecule has 0 saturated heterocycles. The molecule has 0 atom stereocenters. The number of rotatable bonds is 5. The van der Waals surface area contributed by atoms with Gasteiger partial charge in [0.2, 0.25) is 5.88 Å². The summed E-state index contributed by atoms with van der Waals surface area (Å²) in [5, 5.41) is 15.1. The normalized spacial score (nSPS) is 10.5. The summed E-state index contributed by atoms with van der Waals surface area (Å²) in [6.45, 7) is 2.08. The zero-order valence-corrected chi connectivity index (χ0v) is 12.0. The van der Waals surface area contributed by atoms with E-state index in [0.29, 0.717) is 11.6 Å². The lowest BCUT2D eigenvalue weighted by atomic mass is 10.2. The predicted molar refractivity (Wildman–Crippen MR) is 75.6 cm³/mol. The van der Waals surface area contributed by atoms with Crippen molar-refractivity contribution in [3.63, 3.8) is 0 Å². The van der Waals surface area contributed by atoms with E-state index in [0.717, 1.165) is 11.3 Å². The van der Waals surface area contributed by atoms with Gasteiger partial charge in [0, 0.05) is 19.7 Å². The molecule has 1 aromatic carbocycles. The van der Waals surface area contributed by atoms with Gasteiger partial charge >= 0.3 is 0 Å². The second kappa shape index (κ2) is 5.80. The number of nitro benzene ring substituents is 1. The van der Waals surface area contributed by atoms with Gasteiger partial charge in [0.25, 0.3) is 5.69 Å². The molecule has 0 aliphatic rings. The molecule has 0 fully saturated rings. The Kier molecular flexibility index (Phi) is 4.08. The molecule has 8 nitrogen and oxygen atoms in total. The molecule has 1 aromatic heterocycles. The average Bonchev–Trinajstić information content (AvgIpc) is 2.72. The Hall–Kier alpha value is -2.61. The molecule has 2 aromatic rings. The van der Waals surface area contributed by atoms with E-state index in [1.165, 1.54) is 30.0 Å². The molecule has 112 valence electrons. The van der Waals surface area contributed by atoms with Gasteiger partial charge in [0.05, 0.1) is 29.4 Å². The van der Waals surface area contributed by atoms with E-state index in [1.54, 1.807) is 7.05 Å². The van der Waals surface area contributed by atoms with Crippen LogP contribution in [0.4, 0.5) is 5.69 Å². The Morgan fingerprint density at radius 3 is 2.71 bits per heavy atom. The molecule has 0 aliphatic heterocycles. The first kappa shape index (κ1) is 14.8. The van der Waals surface area contributed by atoms with Gasteiger partial charge in [0.1, 0.15) is 0 Å². The number of aromatic nitrogens is 2. The third-order valence-electron chi connectivity index (χ3n) is 3.06. The van der Waals surface area contributed by atoms with E-state index in [4.69, 9.17) is 15.2 Å². The summed E-state index contributed by atoms with van der Waals surface area (Å²) in [5.74, 6) is 1.07. The minimum atomic E-state index is -0.495. The van der Waals surface area contributed by atoms with Crippen molar-refractivity contribution in [2.75, 3.05) is 7.11 Å². The molecule has 0 unspecified atom stereocenters. The fourth-order valence-corrected chi connectivity index (χ4v) is 2.01. The van der Waals surface area contributed by atoms with Crippen molar-refractivity contribution >= 4 is 5.69 Å². The van der Waals surface area contributed by atoms with E-state index in [2.05, 4.69) is 5.10 Å². The Labute approximate surface area is 121 Å². The van der Waals surface area contributed by atoms with Crippen LogP contribution in [0.2, 0.25) is 0 Å². The zero-order valence-electron chi connectivity index (χ0n) is 12.0. The first-order valence-corrected chi connectivity index (χ1v) is 6.20. The van der Waals surface area contributed by atoms with E-state index < -0.39 is 4.92 Å². The van der Waals surface area contributed by atoms with Gasteiger partial charge in [-0.3, -0.25) is 10.1 Å². The largest absolute Gasteiger partial charge is 0.493 e. The van der Waals surface area contributed by atoms with Crippen LogP contribution in [0.15, 0.2) is 18.2 Å². The van der Waals surface area contributed by atoms with Crippen LogP contribution in [0.1, 0.15) is 11.3 Å². The first-order chi connectivity index (χ1) is 9.97. The van der Waals surface area contributed by atoms with Gasteiger partial charge in [-0.25, -0.2) is 4.68 Å². The monoisotopic (exact) mass is 292 g/mol. The van der Waals surface area contributed by atoms with Crippen molar-refractivity contribution in [3.05, 3.63) is 39.6 Å². The SMILES string of the molecule is COc1ccc([N+](=O)[O-])cc1Oc1c(CN)c(C)nn1C. The van der Waals surface area contributed by atoms with Crippen molar-refractivity contribution in [1.29, 1.82) is 0 Å². The lowest BCUT2D eigenvalue weighted by molar-refractivity contribution is -0.384. The Morgan fingerprint density at radius 2 is 2.14 bits per heavy atom. The number of non-ortho nitro benzene ring substituents is 1. The lowest BCUT2D eigenvalue weighted by Gasteiger charge is -2.11. The maximum Gasteiger partial charge on any atom is 0.273 e. The summed E-state index contributed by atoms with van der Waals surface area (Å²) < 4.78 is 12.5. The van der Waals surface area contributed by atoms with E-state index in [1.807, 2.05) is 6.92 Å². The highest BCUT2D eigenvalue weighted by Gasteiger charge is 2.18. The van der Waals surface area contributed by atoms with Gasteiger partial charge < -0.3 is 15.2 Å². The van der Waals surface area contributed by atoms with Crippen LogP contribution < -0.4 is 15.2 Å². The molecule has 0 aliphatic carbocycles. The second-order valence-corrected chi connectivity index (χ2v) is 4.39. The molecule has 0 radical (unpaired) electrons. The maximum atomic E-state index is 10.9. The summed E-state index contributed by atoms with van der Waals surface area (Å²) >= 11 is 0. The predicted octanol–water partition coefficient (Wildman–Crippen LogP) is 1.90. The molecule has 21 heavy (non-hydrogen) atoms. The molecule has 8 heteroatoms. The fourth-order valence-electron chi connectivity index (χ4n) is 2.01. The van der Waals surface area contributed by atoms with Gasteiger partial charge in [-0.1, -0.05) is 0 Å². The number of ether oxygens (including phenoxy) is 2. The summed E-state index contributed by atoms with van der Waals surface area (Å²) in [5.41, 5.74) is 7.10. The molecule has 0 saturated carbocycles. The highest BCUT2D eigenvalue weighted by atomic mass is 16.6. The highest BCUT2D eigenvalue weighted by Crippen LogP contribution is 2.36. The van der Waals surface area contributed by atoms with Gasteiger partial charge in [-0.2, -0.15) is 5.10 Å². The van der Waals surface area contributed by atoms with Crippen LogP contribution in [-0.2, 0) is 13.6 Å². The number of hydrogen-bond donors (Lipinski definition) is 1. The van der Waals surface area contributed by atoms with Crippen LogP contribution >= 0.6 is 0 Å². The van der Waals surface area contributed by atoms with Crippen LogP contribution in [0.5, 0.6) is 17.4 Å². The van der Waals surface area contributed by atoms with Crippen LogP contribution in [0, 0.1) is 17.0 Å². The maximum absolute atomic E-state index is 10.9. The minimum Gasteiger partial charge on any atom is -0.493 e. The number of nitrogens with two attached hydrogens (primary N) is 1. The van der Waals surface area contributed by atoms with Crippen molar-refractivity contribution in [3.8, 4) is 17.4 Å². The first-order valence-electron chi connectivity index (χ1n) is 6.20. The number of nitrogens with zero attached hydrogens (tertiary/aromatic N) is 3.